The summed E-state index contributed by atoms with van der Waals surface area (Å²) in [7, 11) is 0. The van der Waals surface area contributed by atoms with Crippen molar-refractivity contribution < 1.29 is 18.3 Å². The normalized spacial score (nSPS) is 19.9. The van der Waals surface area contributed by atoms with Gasteiger partial charge >= 0.3 is 0 Å². The Labute approximate surface area is 167 Å². The molecular formula is C21H22F2N4O2. The van der Waals surface area contributed by atoms with Crippen LogP contribution in [0.1, 0.15) is 41.9 Å². The first-order valence-electron chi connectivity index (χ1n) is 9.52. The molecule has 3 aromatic rings. The van der Waals surface area contributed by atoms with Gasteiger partial charge in [-0.1, -0.05) is 29.8 Å². The highest BCUT2D eigenvalue weighted by Crippen LogP contribution is 2.27. The van der Waals surface area contributed by atoms with Crippen LogP contribution in [0, 0.1) is 6.92 Å². The number of hydrogen-bond donors (Lipinski definition) is 0. The third kappa shape index (κ3) is 3.72. The molecule has 2 aromatic heterocycles. The molecule has 2 atom stereocenters. The molecule has 4 rings (SSSR count). The van der Waals surface area contributed by atoms with E-state index < -0.39 is 6.43 Å². The van der Waals surface area contributed by atoms with Crippen molar-refractivity contribution in [1.29, 1.82) is 0 Å². The number of hydrogen-bond acceptors (Lipinski definition) is 4. The summed E-state index contributed by atoms with van der Waals surface area (Å²) in [6.07, 6.45) is -1.63. The highest BCUT2D eigenvalue weighted by atomic mass is 19.3. The standard InChI is InChI=1S/C21H22F2N4O2/c1-12-4-6-15(7-5-12)17-8-18(19(22)23)27-20(25-17)16(9-24-27)21(28)26-10-13(2)29-14(3)11-26/h4-9,13-14,19H,10-11H2,1-3H3/t13-,14-/m0/s1. The zero-order chi connectivity index (χ0) is 20.7. The zero-order valence-corrected chi connectivity index (χ0v) is 16.5. The van der Waals surface area contributed by atoms with Crippen molar-refractivity contribution in [3.63, 3.8) is 0 Å². The third-order valence-electron chi connectivity index (χ3n) is 5.01. The van der Waals surface area contributed by atoms with Crippen LogP contribution in [-0.4, -0.2) is 50.7 Å². The number of aryl methyl sites for hydroxylation is 1. The minimum absolute atomic E-state index is 0.0998. The Bertz CT molecular complexity index is 1040. The van der Waals surface area contributed by atoms with Crippen LogP contribution in [0.25, 0.3) is 16.9 Å². The smallest absolute Gasteiger partial charge is 0.280 e. The van der Waals surface area contributed by atoms with E-state index in [-0.39, 0.29) is 35.0 Å². The molecule has 0 N–H and O–H groups in total. The van der Waals surface area contributed by atoms with Crippen molar-refractivity contribution in [2.45, 2.75) is 39.4 Å². The van der Waals surface area contributed by atoms with Crippen LogP contribution in [0.15, 0.2) is 36.5 Å². The van der Waals surface area contributed by atoms with Gasteiger partial charge in [-0.2, -0.15) is 5.10 Å². The first kappa shape index (κ1) is 19.4. The number of ether oxygens (including phenoxy) is 1. The summed E-state index contributed by atoms with van der Waals surface area (Å²) in [5, 5.41) is 4.04. The molecule has 1 aromatic carbocycles. The lowest BCUT2D eigenvalue weighted by molar-refractivity contribution is -0.0585. The second-order valence-electron chi connectivity index (χ2n) is 7.49. The summed E-state index contributed by atoms with van der Waals surface area (Å²) in [5.41, 5.74) is 2.18. The predicted octanol–water partition coefficient (Wildman–Crippen LogP) is 3.89. The largest absolute Gasteiger partial charge is 0.372 e. The molecule has 1 aliphatic heterocycles. The second kappa shape index (κ2) is 7.51. The number of alkyl halides is 2. The topological polar surface area (TPSA) is 59.7 Å². The lowest BCUT2D eigenvalue weighted by atomic mass is 10.1. The Morgan fingerprint density at radius 1 is 1.17 bits per heavy atom. The molecular weight excluding hydrogens is 378 g/mol. The number of halogens is 2. The van der Waals surface area contributed by atoms with Gasteiger partial charge in [0, 0.05) is 18.7 Å². The molecule has 29 heavy (non-hydrogen) atoms. The lowest BCUT2D eigenvalue weighted by Gasteiger charge is -2.35. The summed E-state index contributed by atoms with van der Waals surface area (Å²) in [5.74, 6) is -0.282. The van der Waals surface area contributed by atoms with Crippen molar-refractivity contribution in [2.24, 2.45) is 0 Å². The summed E-state index contributed by atoms with van der Waals surface area (Å²) in [6, 6.07) is 8.76. The number of carbonyl (C=O) groups excluding carboxylic acids is 1. The molecule has 152 valence electrons. The number of carbonyl (C=O) groups is 1. The van der Waals surface area contributed by atoms with Crippen LogP contribution in [-0.2, 0) is 4.74 Å². The number of morpholine rings is 1. The van der Waals surface area contributed by atoms with Crippen molar-refractivity contribution in [3.05, 3.63) is 53.3 Å². The molecule has 0 bridgehead atoms. The van der Waals surface area contributed by atoms with Crippen LogP contribution in [0.2, 0.25) is 0 Å². The average Bonchev–Trinajstić information content (AvgIpc) is 3.10. The predicted molar refractivity (Wildman–Crippen MR) is 104 cm³/mol. The molecule has 3 heterocycles. The van der Waals surface area contributed by atoms with Gasteiger partial charge in [0.25, 0.3) is 12.3 Å². The number of benzene rings is 1. The summed E-state index contributed by atoms with van der Waals surface area (Å²) >= 11 is 0. The van der Waals surface area contributed by atoms with Gasteiger partial charge in [-0.15, -0.1) is 0 Å². The van der Waals surface area contributed by atoms with E-state index >= 15 is 0 Å². The highest BCUT2D eigenvalue weighted by molar-refractivity contribution is 6.00. The Kier molecular flexibility index (Phi) is 5.04. The van der Waals surface area contributed by atoms with Crippen LogP contribution < -0.4 is 0 Å². The number of fused-ring (bicyclic) bond motifs is 1. The molecule has 0 saturated carbocycles. The Morgan fingerprint density at radius 3 is 2.45 bits per heavy atom. The third-order valence-corrected chi connectivity index (χ3v) is 5.01. The minimum atomic E-state index is -2.75. The first-order valence-corrected chi connectivity index (χ1v) is 9.52. The molecule has 1 amide bonds. The van der Waals surface area contributed by atoms with Gasteiger partial charge < -0.3 is 9.64 Å². The molecule has 8 heteroatoms. The van der Waals surface area contributed by atoms with E-state index in [1.54, 1.807) is 4.90 Å². The van der Waals surface area contributed by atoms with E-state index in [4.69, 9.17) is 4.74 Å². The fourth-order valence-corrected chi connectivity index (χ4v) is 3.68. The quantitative estimate of drug-likeness (QED) is 0.669. The Morgan fingerprint density at radius 2 is 1.83 bits per heavy atom. The van der Waals surface area contributed by atoms with Crippen LogP contribution in [0.5, 0.6) is 0 Å². The number of aromatic nitrogens is 3. The van der Waals surface area contributed by atoms with E-state index in [1.807, 2.05) is 45.0 Å². The molecule has 1 saturated heterocycles. The molecule has 1 aliphatic rings. The maximum absolute atomic E-state index is 13.7. The molecule has 0 radical (unpaired) electrons. The fourth-order valence-electron chi connectivity index (χ4n) is 3.68. The number of amides is 1. The van der Waals surface area contributed by atoms with E-state index in [0.717, 1.165) is 10.1 Å². The van der Waals surface area contributed by atoms with Crippen LogP contribution in [0.4, 0.5) is 8.78 Å². The van der Waals surface area contributed by atoms with Gasteiger partial charge in [-0.05, 0) is 26.8 Å². The molecule has 6 nitrogen and oxygen atoms in total. The van der Waals surface area contributed by atoms with E-state index in [2.05, 4.69) is 10.1 Å². The maximum Gasteiger partial charge on any atom is 0.280 e. The Hall–Kier alpha value is -2.87. The maximum atomic E-state index is 13.7. The van der Waals surface area contributed by atoms with Gasteiger partial charge in [0.15, 0.2) is 5.65 Å². The monoisotopic (exact) mass is 400 g/mol. The van der Waals surface area contributed by atoms with Crippen LogP contribution >= 0.6 is 0 Å². The average molecular weight is 400 g/mol. The summed E-state index contributed by atoms with van der Waals surface area (Å²) in [6.45, 7) is 6.60. The SMILES string of the molecule is Cc1ccc(-c2cc(C(F)F)n3ncc(C(=O)N4C[C@H](C)O[C@@H](C)C4)c3n2)cc1. The molecule has 0 unspecified atom stereocenters. The van der Waals surface area contributed by atoms with E-state index in [0.29, 0.717) is 24.3 Å². The van der Waals surface area contributed by atoms with Gasteiger partial charge in [0.1, 0.15) is 11.3 Å². The highest BCUT2D eigenvalue weighted by Gasteiger charge is 2.29. The zero-order valence-electron chi connectivity index (χ0n) is 16.5. The lowest BCUT2D eigenvalue weighted by Crippen LogP contribution is -2.48. The van der Waals surface area contributed by atoms with Crippen molar-refractivity contribution in [2.75, 3.05) is 13.1 Å². The fraction of sp³-hybridized carbons (Fsp3) is 0.381. The van der Waals surface area contributed by atoms with Gasteiger partial charge in [0.05, 0.1) is 24.1 Å². The van der Waals surface area contributed by atoms with Crippen molar-refractivity contribution in [1.82, 2.24) is 19.5 Å². The summed E-state index contributed by atoms with van der Waals surface area (Å²) in [4.78, 5) is 19.3. The Balaban J connectivity index is 1.81. The van der Waals surface area contributed by atoms with Crippen molar-refractivity contribution >= 4 is 11.6 Å². The number of rotatable bonds is 3. The first-order chi connectivity index (χ1) is 13.8. The molecule has 0 aliphatic carbocycles. The van der Waals surface area contributed by atoms with E-state index in [1.165, 1.54) is 12.3 Å². The summed E-state index contributed by atoms with van der Waals surface area (Å²) < 4.78 is 34.2. The van der Waals surface area contributed by atoms with E-state index in [9.17, 15) is 13.6 Å². The molecule has 0 spiro atoms. The second-order valence-corrected chi connectivity index (χ2v) is 7.49. The van der Waals surface area contributed by atoms with Crippen LogP contribution in [0.3, 0.4) is 0 Å². The molecule has 1 fully saturated rings. The van der Waals surface area contributed by atoms with Gasteiger partial charge in [-0.25, -0.2) is 18.3 Å². The number of nitrogens with zero attached hydrogens (tertiary/aromatic N) is 4. The van der Waals surface area contributed by atoms with Gasteiger partial charge in [0.2, 0.25) is 0 Å². The van der Waals surface area contributed by atoms with Gasteiger partial charge in [-0.3, -0.25) is 4.79 Å². The minimum Gasteiger partial charge on any atom is -0.372 e. The van der Waals surface area contributed by atoms with Crippen molar-refractivity contribution in [3.8, 4) is 11.3 Å².